The molecule has 2 rings (SSSR count). The fourth-order valence-corrected chi connectivity index (χ4v) is 2.60. The summed E-state index contributed by atoms with van der Waals surface area (Å²) in [6, 6.07) is -0.182. The molecule has 1 N–H and O–H groups in total. The molecule has 1 aromatic rings. The van der Waals surface area contributed by atoms with E-state index in [1.165, 1.54) is 11.2 Å². The fraction of sp³-hybridized carbons (Fsp3) is 0.600. The molecule has 0 unspecified atom stereocenters. The minimum absolute atomic E-state index is 0.0332. The molecule has 0 aromatic carbocycles. The first-order valence-corrected chi connectivity index (χ1v) is 8.37. The van der Waals surface area contributed by atoms with E-state index in [2.05, 4.69) is 31.2 Å². The molecular formula is C15H20BrFN4O3. The van der Waals surface area contributed by atoms with Crippen molar-refractivity contribution < 1.29 is 18.7 Å². The van der Waals surface area contributed by atoms with E-state index in [4.69, 9.17) is 4.74 Å². The van der Waals surface area contributed by atoms with Gasteiger partial charge < -0.3 is 15.0 Å². The summed E-state index contributed by atoms with van der Waals surface area (Å²) in [6.45, 7) is 5.41. The van der Waals surface area contributed by atoms with Crippen molar-refractivity contribution in [1.82, 2.24) is 20.2 Å². The van der Waals surface area contributed by atoms with Gasteiger partial charge in [0.05, 0.1) is 6.54 Å². The standard InChI is InChI=1S/C15H20BrFN4O3/c1-15(2,3)24-14(23)21(6-9-4-5-11(22)20-9)7-10-12(17)13(16)19-8-18-10/h8-9H,4-7H2,1-3H3,(H,20,22)/t9-/m0/s1. The van der Waals surface area contributed by atoms with Gasteiger partial charge in [-0.3, -0.25) is 4.79 Å². The lowest BCUT2D eigenvalue weighted by atomic mass is 10.2. The molecule has 1 aliphatic rings. The maximum Gasteiger partial charge on any atom is 0.410 e. The molecule has 7 nitrogen and oxygen atoms in total. The van der Waals surface area contributed by atoms with E-state index in [1.54, 1.807) is 20.8 Å². The number of aromatic nitrogens is 2. The molecule has 0 spiro atoms. The van der Waals surface area contributed by atoms with E-state index in [1.807, 2.05) is 0 Å². The monoisotopic (exact) mass is 402 g/mol. The van der Waals surface area contributed by atoms with Crippen molar-refractivity contribution in [3.8, 4) is 0 Å². The summed E-state index contributed by atoms with van der Waals surface area (Å²) < 4.78 is 19.5. The second kappa shape index (κ2) is 7.42. The van der Waals surface area contributed by atoms with Gasteiger partial charge in [0, 0.05) is 19.0 Å². The van der Waals surface area contributed by atoms with E-state index >= 15 is 0 Å². The lowest BCUT2D eigenvalue weighted by Gasteiger charge is -2.29. The minimum Gasteiger partial charge on any atom is -0.444 e. The van der Waals surface area contributed by atoms with Crippen molar-refractivity contribution in [2.24, 2.45) is 0 Å². The maximum atomic E-state index is 14.1. The number of hydrogen-bond donors (Lipinski definition) is 1. The van der Waals surface area contributed by atoms with E-state index in [0.29, 0.717) is 12.8 Å². The van der Waals surface area contributed by atoms with Crippen LogP contribution in [0.5, 0.6) is 0 Å². The SMILES string of the molecule is CC(C)(C)OC(=O)N(Cc1ncnc(Br)c1F)C[C@@H]1CCC(=O)N1. The van der Waals surface area contributed by atoms with Gasteiger partial charge in [0.25, 0.3) is 0 Å². The number of carbonyl (C=O) groups excluding carboxylic acids is 2. The summed E-state index contributed by atoms with van der Waals surface area (Å²) in [7, 11) is 0. The highest BCUT2D eigenvalue weighted by Gasteiger charge is 2.29. The summed E-state index contributed by atoms with van der Waals surface area (Å²) >= 11 is 3.00. The third-order valence-electron chi connectivity index (χ3n) is 3.34. The Kier molecular flexibility index (Phi) is 5.74. The van der Waals surface area contributed by atoms with Crippen LogP contribution in [0.3, 0.4) is 0 Å². The maximum absolute atomic E-state index is 14.1. The molecule has 1 aromatic heterocycles. The lowest BCUT2D eigenvalue weighted by molar-refractivity contribution is -0.119. The fourth-order valence-electron chi connectivity index (χ4n) is 2.28. The second-order valence-electron chi connectivity index (χ2n) is 6.59. The highest BCUT2D eigenvalue weighted by Crippen LogP contribution is 2.19. The van der Waals surface area contributed by atoms with E-state index in [0.717, 1.165) is 0 Å². The molecule has 2 amide bonds. The number of amides is 2. The third kappa shape index (κ3) is 5.12. The van der Waals surface area contributed by atoms with Gasteiger partial charge in [-0.2, -0.15) is 0 Å². The number of halogens is 2. The molecule has 1 fully saturated rings. The molecule has 2 heterocycles. The van der Waals surface area contributed by atoms with Crippen LogP contribution in [0.4, 0.5) is 9.18 Å². The Morgan fingerprint density at radius 1 is 1.50 bits per heavy atom. The van der Waals surface area contributed by atoms with Crippen LogP contribution >= 0.6 is 15.9 Å². The van der Waals surface area contributed by atoms with Gasteiger partial charge in [-0.15, -0.1) is 0 Å². The second-order valence-corrected chi connectivity index (χ2v) is 7.34. The van der Waals surface area contributed by atoms with Crippen LogP contribution in [0.2, 0.25) is 0 Å². The zero-order valence-electron chi connectivity index (χ0n) is 13.8. The summed E-state index contributed by atoms with van der Waals surface area (Å²) in [6.07, 6.45) is 1.67. The zero-order chi connectivity index (χ0) is 17.9. The van der Waals surface area contributed by atoms with Crippen molar-refractivity contribution in [2.75, 3.05) is 6.54 Å². The van der Waals surface area contributed by atoms with Crippen LogP contribution in [-0.2, 0) is 16.1 Å². The summed E-state index contributed by atoms with van der Waals surface area (Å²) in [5, 5.41) is 2.79. The van der Waals surface area contributed by atoms with E-state index < -0.39 is 17.5 Å². The number of rotatable bonds is 4. The molecular weight excluding hydrogens is 383 g/mol. The van der Waals surface area contributed by atoms with Crippen LogP contribution < -0.4 is 5.32 Å². The predicted molar refractivity (Wildman–Crippen MR) is 87.5 cm³/mol. The molecule has 9 heteroatoms. The van der Waals surface area contributed by atoms with Gasteiger partial charge in [-0.25, -0.2) is 19.2 Å². The van der Waals surface area contributed by atoms with E-state index in [-0.39, 0.29) is 35.3 Å². The van der Waals surface area contributed by atoms with Gasteiger partial charge in [0.15, 0.2) is 5.82 Å². The van der Waals surface area contributed by atoms with Crippen LogP contribution in [0.25, 0.3) is 0 Å². The van der Waals surface area contributed by atoms with E-state index in [9.17, 15) is 14.0 Å². The smallest absolute Gasteiger partial charge is 0.410 e. The average Bonchev–Trinajstić information content (AvgIpc) is 2.86. The average molecular weight is 403 g/mol. The Bertz CT molecular complexity index is 636. The molecule has 0 radical (unpaired) electrons. The van der Waals surface area contributed by atoms with Gasteiger partial charge in [-0.05, 0) is 43.1 Å². The highest BCUT2D eigenvalue weighted by atomic mass is 79.9. The molecule has 1 saturated heterocycles. The quantitative estimate of drug-likeness (QED) is 0.781. The van der Waals surface area contributed by atoms with Crippen molar-refractivity contribution >= 4 is 27.9 Å². The molecule has 1 atom stereocenters. The van der Waals surface area contributed by atoms with Crippen molar-refractivity contribution in [2.45, 2.75) is 51.8 Å². The first-order chi connectivity index (χ1) is 11.2. The Morgan fingerprint density at radius 2 is 2.21 bits per heavy atom. The molecule has 132 valence electrons. The van der Waals surface area contributed by atoms with Crippen molar-refractivity contribution in [3.63, 3.8) is 0 Å². The van der Waals surface area contributed by atoms with Crippen molar-refractivity contribution in [3.05, 3.63) is 22.4 Å². The number of ether oxygens (including phenoxy) is 1. The van der Waals surface area contributed by atoms with Crippen molar-refractivity contribution in [1.29, 1.82) is 0 Å². The summed E-state index contributed by atoms with van der Waals surface area (Å²) in [4.78, 5) is 32.7. The number of nitrogens with one attached hydrogen (secondary N) is 1. The minimum atomic E-state index is -0.681. The Labute approximate surface area is 148 Å². The summed E-state index contributed by atoms with van der Waals surface area (Å²) in [5.74, 6) is -0.679. The first kappa shape index (κ1) is 18.6. The molecule has 0 saturated carbocycles. The lowest BCUT2D eigenvalue weighted by Crippen LogP contribution is -2.44. The van der Waals surface area contributed by atoms with Crippen LogP contribution in [0, 0.1) is 5.82 Å². The number of nitrogens with zero attached hydrogens (tertiary/aromatic N) is 3. The third-order valence-corrected chi connectivity index (χ3v) is 3.89. The zero-order valence-corrected chi connectivity index (χ0v) is 15.4. The molecule has 0 aliphatic carbocycles. The Morgan fingerprint density at radius 3 is 2.79 bits per heavy atom. The predicted octanol–water partition coefficient (Wildman–Crippen LogP) is 2.39. The molecule has 1 aliphatic heterocycles. The largest absolute Gasteiger partial charge is 0.444 e. The van der Waals surface area contributed by atoms with Crippen LogP contribution in [0.15, 0.2) is 10.9 Å². The number of hydrogen-bond acceptors (Lipinski definition) is 5. The van der Waals surface area contributed by atoms with Crippen LogP contribution in [0.1, 0.15) is 39.3 Å². The Balaban J connectivity index is 2.16. The molecule has 0 bridgehead atoms. The van der Waals surface area contributed by atoms with Gasteiger partial charge in [-0.1, -0.05) is 0 Å². The van der Waals surface area contributed by atoms with Gasteiger partial charge >= 0.3 is 6.09 Å². The highest BCUT2D eigenvalue weighted by molar-refractivity contribution is 9.10. The Hall–Kier alpha value is -1.77. The normalized spacial score (nSPS) is 17.5. The first-order valence-electron chi connectivity index (χ1n) is 7.58. The van der Waals surface area contributed by atoms with Gasteiger partial charge in [0.2, 0.25) is 5.91 Å². The topological polar surface area (TPSA) is 84.4 Å². The van der Waals surface area contributed by atoms with Gasteiger partial charge in [0.1, 0.15) is 22.2 Å². The van der Waals surface area contributed by atoms with Crippen LogP contribution in [-0.4, -0.2) is 45.1 Å². The number of carbonyl (C=O) groups is 2. The molecule has 24 heavy (non-hydrogen) atoms. The summed E-state index contributed by atoms with van der Waals surface area (Å²) in [5.41, 5.74) is -0.606.